The Balaban J connectivity index is 2.07. The summed E-state index contributed by atoms with van der Waals surface area (Å²) in [7, 11) is 0. The number of β-lactam (4-membered cyclic amide) rings is 1. The monoisotopic (exact) mass is 169 g/mol. The third-order valence-electron chi connectivity index (χ3n) is 2.04. The Morgan fingerprint density at radius 2 is 2.50 bits per heavy atom. The Bertz CT molecular complexity index is 283. The van der Waals surface area contributed by atoms with Crippen LogP contribution >= 0.6 is 0 Å². The molecule has 1 saturated heterocycles. The molecule has 2 rings (SSSR count). The molecule has 2 heterocycles. The smallest absolute Gasteiger partial charge is 0.449 e. The predicted molar refractivity (Wildman–Crippen MR) is 37.1 cm³/mol. The van der Waals surface area contributed by atoms with Gasteiger partial charge in [0.25, 0.3) is 0 Å². The van der Waals surface area contributed by atoms with E-state index in [0.29, 0.717) is 12.8 Å². The van der Waals surface area contributed by atoms with Crippen LogP contribution in [-0.4, -0.2) is 28.1 Å². The van der Waals surface area contributed by atoms with E-state index >= 15 is 0 Å². The van der Waals surface area contributed by atoms with Gasteiger partial charge in [0.2, 0.25) is 11.8 Å². The first kappa shape index (κ1) is 7.15. The number of ether oxygens (including phenoxy) is 1. The molecular weight excluding hydrogens is 162 g/mol. The first-order valence-corrected chi connectivity index (χ1v) is 3.61. The van der Waals surface area contributed by atoms with Crippen molar-refractivity contribution in [2.45, 2.75) is 18.9 Å². The van der Waals surface area contributed by atoms with E-state index in [4.69, 9.17) is 5.11 Å². The van der Waals surface area contributed by atoms with Crippen LogP contribution in [0.3, 0.4) is 0 Å². The van der Waals surface area contributed by atoms with Crippen molar-refractivity contribution >= 4 is 12.1 Å². The van der Waals surface area contributed by atoms with Crippen LogP contribution in [0.5, 0.6) is 0 Å². The molecular formula is C7H7NO4. The van der Waals surface area contributed by atoms with Crippen molar-refractivity contribution in [3.63, 3.8) is 0 Å². The van der Waals surface area contributed by atoms with Gasteiger partial charge in [-0.2, -0.15) is 0 Å². The van der Waals surface area contributed by atoms with Crippen molar-refractivity contribution in [2.75, 3.05) is 0 Å². The minimum Gasteiger partial charge on any atom is -0.449 e. The molecule has 0 bridgehead atoms. The minimum absolute atomic E-state index is 0.0648. The highest BCUT2D eigenvalue weighted by Gasteiger charge is 2.43. The molecule has 1 atom stereocenters. The molecule has 5 heteroatoms. The van der Waals surface area contributed by atoms with Crippen molar-refractivity contribution in [1.82, 2.24) is 4.90 Å². The molecule has 1 N–H and O–H groups in total. The van der Waals surface area contributed by atoms with Crippen LogP contribution < -0.4 is 0 Å². The van der Waals surface area contributed by atoms with Crippen LogP contribution in [0.1, 0.15) is 12.8 Å². The molecule has 0 spiro atoms. The molecule has 0 radical (unpaired) electrons. The Morgan fingerprint density at radius 1 is 1.75 bits per heavy atom. The van der Waals surface area contributed by atoms with Crippen molar-refractivity contribution in [1.29, 1.82) is 0 Å². The standard InChI is InChI=1S/C7H7NO4/c9-5-3-4-1-2-6(8(4)5)12-7(10)11/h2,4H,1,3H2,(H,10,11). The van der Waals surface area contributed by atoms with E-state index < -0.39 is 6.16 Å². The first-order chi connectivity index (χ1) is 5.68. The van der Waals surface area contributed by atoms with Gasteiger partial charge >= 0.3 is 6.16 Å². The molecule has 1 unspecified atom stereocenters. The molecule has 2 aliphatic rings. The summed E-state index contributed by atoms with van der Waals surface area (Å²) in [5.41, 5.74) is 0. The largest absolute Gasteiger partial charge is 0.512 e. The summed E-state index contributed by atoms with van der Waals surface area (Å²) in [6.07, 6.45) is 1.46. The number of carbonyl (C=O) groups excluding carboxylic acids is 1. The number of carboxylic acid groups (broad SMARTS) is 1. The second-order valence-corrected chi connectivity index (χ2v) is 2.77. The van der Waals surface area contributed by atoms with Crippen molar-refractivity contribution in [2.24, 2.45) is 0 Å². The molecule has 2 aliphatic heterocycles. The van der Waals surface area contributed by atoms with Gasteiger partial charge in [-0.25, -0.2) is 4.79 Å². The zero-order valence-electron chi connectivity index (χ0n) is 6.19. The first-order valence-electron chi connectivity index (χ1n) is 3.61. The van der Waals surface area contributed by atoms with Crippen LogP contribution in [0.2, 0.25) is 0 Å². The van der Waals surface area contributed by atoms with Gasteiger partial charge in [-0.3, -0.25) is 9.69 Å². The van der Waals surface area contributed by atoms with Gasteiger partial charge < -0.3 is 9.84 Å². The van der Waals surface area contributed by atoms with Crippen molar-refractivity contribution in [3.8, 4) is 0 Å². The van der Waals surface area contributed by atoms with Crippen molar-refractivity contribution in [3.05, 3.63) is 12.0 Å². The van der Waals surface area contributed by atoms with Crippen LogP contribution in [-0.2, 0) is 9.53 Å². The van der Waals surface area contributed by atoms with E-state index in [1.807, 2.05) is 0 Å². The van der Waals surface area contributed by atoms with Crippen LogP contribution in [0.25, 0.3) is 0 Å². The molecule has 1 fully saturated rings. The van der Waals surface area contributed by atoms with E-state index in [2.05, 4.69) is 4.74 Å². The number of hydrogen-bond donors (Lipinski definition) is 1. The van der Waals surface area contributed by atoms with Gasteiger partial charge in [-0.1, -0.05) is 0 Å². The molecule has 0 aromatic carbocycles. The number of hydrogen-bond acceptors (Lipinski definition) is 3. The number of carbonyl (C=O) groups is 2. The number of fused-ring (bicyclic) bond motifs is 1. The summed E-state index contributed by atoms with van der Waals surface area (Å²) in [4.78, 5) is 22.4. The van der Waals surface area contributed by atoms with Crippen molar-refractivity contribution < 1.29 is 19.4 Å². The molecule has 64 valence electrons. The van der Waals surface area contributed by atoms with Crippen LogP contribution in [0.15, 0.2) is 12.0 Å². The number of nitrogens with zero attached hydrogens (tertiary/aromatic N) is 1. The minimum atomic E-state index is -1.37. The fourth-order valence-electron chi connectivity index (χ4n) is 1.49. The summed E-state index contributed by atoms with van der Waals surface area (Å²) >= 11 is 0. The van der Waals surface area contributed by atoms with Crippen LogP contribution in [0, 0.1) is 0 Å². The van der Waals surface area contributed by atoms with Gasteiger partial charge in [-0.15, -0.1) is 0 Å². The van der Waals surface area contributed by atoms with E-state index in [0.717, 1.165) is 0 Å². The lowest BCUT2D eigenvalue weighted by Gasteiger charge is -2.34. The summed E-state index contributed by atoms with van der Waals surface area (Å²) < 4.78 is 4.40. The SMILES string of the molecule is O=C(O)OC1=CCC2CC(=O)N12. The van der Waals surface area contributed by atoms with E-state index in [-0.39, 0.29) is 17.8 Å². The highest BCUT2D eigenvalue weighted by atomic mass is 16.7. The Labute approximate surface area is 68.2 Å². The zero-order chi connectivity index (χ0) is 8.72. The predicted octanol–water partition coefficient (Wildman–Crippen LogP) is 0.527. The summed E-state index contributed by atoms with van der Waals surface area (Å²) in [5.74, 6) is 0.105. The van der Waals surface area contributed by atoms with Crippen LogP contribution in [0.4, 0.5) is 4.79 Å². The topological polar surface area (TPSA) is 66.8 Å². The Morgan fingerprint density at radius 3 is 3.08 bits per heavy atom. The van der Waals surface area contributed by atoms with Gasteiger partial charge in [0.1, 0.15) is 0 Å². The second-order valence-electron chi connectivity index (χ2n) is 2.77. The van der Waals surface area contributed by atoms with Gasteiger partial charge in [0, 0.05) is 6.42 Å². The average molecular weight is 169 g/mol. The Kier molecular flexibility index (Phi) is 1.33. The maximum atomic E-state index is 10.9. The normalized spacial score (nSPS) is 26.0. The Hall–Kier alpha value is -1.52. The quantitative estimate of drug-likeness (QED) is 0.459. The summed E-state index contributed by atoms with van der Waals surface area (Å²) in [6.45, 7) is 0. The van der Waals surface area contributed by atoms with E-state index in [9.17, 15) is 9.59 Å². The average Bonchev–Trinajstić information content (AvgIpc) is 2.24. The molecule has 1 amide bonds. The third kappa shape index (κ3) is 0.861. The molecule has 0 aromatic heterocycles. The maximum absolute atomic E-state index is 10.9. The number of rotatable bonds is 1. The van der Waals surface area contributed by atoms with Gasteiger partial charge in [0.15, 0.2) is 0 Å². The lowest BCUT2D eigenvalue weighted by atomic mass is 10.0. The molecule has 0 aromatic rings. The summed E-state index contributed by atoms with van der Waals surface area (Å²) in [5, 5.41) is 8.29. The zero-order valence-corrected chi connectivity index (χ0v) is 6.19. The fraction of sp³-hybridized carbons (Fsp3) is 0.429. The fourth-order valence-corrected chi connectivity index (χ4v) is 1.49. The summed E-state index contributed by atoms with van der Waals surface area (Å²) in [6, 6.07) is 0.145. The molecule has 5 nitrogen and oxygen atoms in total. The highest BCUT2D eigenvalue weighted by Crippen LogP contribution is 2.33. The molecule has 12 heavy (non-hydrogen) atoms. The van der Waals surface area contributed by atoms with Gasteiger partial charge in [-0.05, 0) is 12.5 Å². The second kappa shape index (κ2) is 2.23. The molecule has 0 saturated carbocycles. The van der Waals surface area contributed by atoms with E-state index in [1.54, 1.807) is 6.08 Å². The highest BCUT2D eigenvalue weighted by molar-refractivity contribution is 5.86. The number of amides is 1. The molecule has 0 aliphatic carbocycles. The van der Waals surface area contributed by atoms with E-state index in [1.165, 1.54) is 4.90 Å². The van der Waals surface area contributed by atoms with Gasteiger partial charge in [0.05, 0.1) is 6.04 Å². The third-order valence-corrected chi connectivity index (χ3v) is 2.04. The maximum Gasteiger partial charge on any atom is 0.512 e. The lowest BCUT2D eigenvalue weighted by molar-refractivity contribution is -0.144. The lowest BCUT2D eigenvalue weighted by Crippen LogP contribution is -2.48.